The van der Waals surface area contributed by atoms with E-state index >= 15 is 0 Å². The highest BCUT2D eigenvalue weighted by Gasteiger charge is 2.51. The molecule has 1 unspecified atom stereocenters. The quantitative estimate of drug-likeness (QED) is 0.858. The maximum Gasteiger partial charge on any atom is 0.325 e. The first kappa shape index (κ1) is 16.7. The van der Waals surface area contributed by atoms with Gasteiger partial charge in [-0.3, -0.25) is 9.69 Å². The predicted molar refractivity (Wildman–Crippen MR) is 92.4 cm³/mol. The Kier molecular flexibility index (Phi) is 4.00. The Hall–Kier alpha value is -2.73. The number of urea groups is 1. The number of hydrogen-bond acceptors (Lipinski definition) is 3. The van der Waals surface area contributed by atoms with Gasteiger partial charge in [-0.1, -0.05) is 37.3 Å². The minimum Gasteiger partial charge on any atom is -0.372 e. The number of benzene rings is 2. The van der Waals surface area contributed by atoms with Crippen LogP contribution in [-0.4, -0.2) is 16.8 Å². The van der Waals surface area contributed by atoms with Crippen molar-refractivity contribution in [3.63, 3.8) is 0 Å². The van der Waals surface area contributed by atoms with Crippen molar-refractivity contribution in [2.45, 2.75) is 38.6 Å². The lowest BCUT2D eigenvalue weighted by molar-refractivity contribution is -0.132. The number of hydrogen-bond donors (Lipinski definition) is 1. The van der Waals surface area contributed by atoms with Gasteiger partial charge >= 0.3 is 6.03 Å². The molecule has 1 atom stereocenters. The molecule has 5 nitrogen and oxygen atoms in total. The number of imide groups is 1. The van der Waals surface area contributed by atoms with Crippen molar-refractivity contribution in [2.24, 2.45) is 0 Å². The second-order valence-corrected chi connectivity index (χ2v) is 6.68. The average molecular weight is 354 g/mol. The highest BCUT2D eigenvalue weighted by molar-refractivity contribution is 6.07. The summed E-state index contributed by atoms with van der Waals surface area (Å²) in [5.41, 5.74) is 2.55. The number of ether oxygens (including phenoxy) is 1. The average Bonchev–Trinajstić information content (AvgIpc) is 3.20. The van der Waals surface area contributed by atoms with E-state index in [1.165, 1.54) is 17.0 Å². The van der Waals surface area contributed by atoms with Gasteiger partial charge in [-0.05, 0) is 40.8 Å². The normalized spacial score (nSPS) is 21.8. The summed E-state index contributed by atoms with van der Waals surface area (Å²) in [5.74, 6) is -0.692. The lowest BCUT2D eigenvalue weighted by Gasteiger charge is -2.25. The van der Waals surface area contributed by atoms with Crippen LogP contribution >= 0.6 is 0 Å². The fourth-order valence-electron chi connectivity index (χ4n) is 3.65. The number of fused-ring (bicyclic) bond motifs is 1. The zero-order valence-electron chi connectivity index (χ0n) is 14.4. The summed E-state index contributed by atoms with van der Waals surface area (Å²) >= 11 is 0. The molecule has 2 aromatic carbocycles. The second kappa shape index (κ2) is 6.21. The molecule has 26 heavy (non-hydrogen) atoms. The number of rotatable bonds is 4. The van der Waals surface area contributed by atoms with Crippen LogP contribution in [0.2, 0.25) is 0 Å². The summed E-state index contributed by atoms with van der Waals surface area (Å²) in [6.45, 7) is 3.18. The molecule has 3 amide bonds. The fraction of sp³-hybridized carbons (Fsp3) is 0.300. The molecule has 1 saturated heterocycles. The zero-order chi connectivity index (χ0) is 18.3. The molecule has 0 aromatic heterocycles. The number of carbonyl (C=O) groups is 2. The SMILES string of the molecule is CCC1(c2ccc(F)cc2)NC(=O)N(Cc2ccc3c(c2)COC3)C1=O. The van der Waals surface area contributed by atoms with Gasteiger partial charge in [0.2, 0.25) is 0 Å². The largest absolute Gasteiger partial charge is 0.372 e. The standard InChI is InChI=1S/C20H19FN2O3/c1-2-20(16-5-7-17(21)8-6-16)18(24)23(19(25)22-20)10-13-3-4-14-11-26-12-15(14)9-13/h3-9H,2,10-12H2,1H3,(H,22,25). The Labute approximate surface area is 150 Å². The molecule has 1 N–H and O–H groups in total. The molecule has 0 saturated carbocycles. The van der Waals surface area contributed by atoms with E-state index in [4.69, 9.17) is 4.74 Å². The number of halogens is 1. The van der Waals surface area contributed by atoms with Crippen molar-refractivity contribution in [3.05, 3.63) is 70.5 Å². The Morgan fingerprint density at radius 1 is 1.12 bits per heavy atom. The minimum atomic E-state index is -1.15. The molecular formula is C20H19FN2O3. The highest BCUT2D eigenvalue weighted by Crippen LogP contribution is 2.33. The summed E-state index contributed by atoms with van der Waals surface area (Å²) in [5, 5.41) is 2.82. The Balaban J connectivity index is 1.63. The lowest BCUT2D eigenvalue weighted by Crippen LogP contribution is -2.43. The molecular weight excluding hydrogens is 335 g/mol. The third kappa shape index (κ3) is 2.57. The fourth-order valence-corrected chi connectivity index (χ4v) is 3.65. The molecule has 6 heteroatoms. The molecule has 2 aliphatic heterocycles. The highest BCUT2D eigenvalue weighted by atomic mass is 19.1. The molecule has 1 fully saturated rings. The van der Waals surface area contributed by atoms with Gasteiger partial charge in [-0.2, -0.15) is 0 Å². The van der Waals surface area contributed by atoms with E-state index in [1.54, 1.807) is 12.1 Å². The van der Waals surface area contributed by atoms with Gasteiger partial charge in [0, 0.05) is 0 Å². The van der Waals surface area contributed by atoms with Crippen LogP contribution in [-0.2, 0) is 34.8 Å². The van der Waals surface area contributed by atoms with Crippen LogP contribution in [0.15, 0.2) is 42.5 Å². The maximum absolute atomic E-state index is 13.3. The molecule has 2 heterocycles. The third-order valence-electron chi connectivity index (χ3n) is 5.17. The minimum absolute atomic E-state index is 0.195. The molecule has 2 aromatic rings. The zero-order valence-corrected chi connectivity index (χ0v) is 14.4. The molecule has 0 spiro atoms. The van der Waals surface area contributed by atoms with Crippen molar-refractivity contribution in [2.75, 3.05) is 0 Å². The Bertz CT molecular complexity index is 881. The van der Waals surface area contributed by atoms with Crippen LogP contribution in [0.5, 0.6) is 0 Å². The Morgan fingerprint density at radius 2 is 1.85 bits per heavy atom. The molecule has 0 radical (unpaired) electrons. The lowest BCUT2D eigenvalue weighted by atomic mass is 9.87. The molecule has 0 bridgehead atoms. The van der Waals surface area contributed by atoms with Crippen molar-refractivity contribution in [3.8, 4) is 0 Å². The van der Waals surface area contributed by atoms with E-state index in [0.29, 0.717) is 25.2 Å². The smallest absolute Gasteiger partial charge is 0.325 e. The van der Waals surface area contributed by atoms with Crippen molar-refractivity contribution < 1.29 is 18.7 Å². The second-order valence-electron chi connectivity index (χ2n) is 6.68. The first-order valence-electron chi connectivity index (χ1n) is 8.62. The topological polar surface area (TPSA) is 58.6 Å². The Morgan fingerprint density at radius 3 is 2.58 bits per heavy atom. The van der Waals surface area contributed by atoms with E-state index in [2.05, 4.69) is 5.32 Å². The number of nitrogens with zero attached hydrogens (tertiary/aromatic N) is 1. The van der Waals surface area contributed by atoms with Gasteiger partial charge in [-0.25, -0.2) is 9.18 Å². The van der Waals surface area contributed by atoms with Crippen molar-refractivity contribution in [1.29, 1.82) is 0 Å². The van der Waals surface area contributed by atoms with Gasteiger partial charge in [0.1, 0.15) is 11.4 Å². The van der Waals surface area contributed by atoms with E-state index in [-0.39, 0.29) is 18.3 Å². The van der Waals surface area contributed by atoms with Crippen LogP contribution < -0.4 is 5.32 Å². The van der Waals surface area contributed by atoms with Gasteiger partial charge in [0.25, 0.3) is 5.91 Å². The number of carbonyl (C=O) groups excluding carboxylic acids is 2. The first-order chi connectivity index (χ1) is 12.5. The summed E-state index contributed by atoms with van der Waals surface area (Å²) in [6, 6.07) is 11.1. The first-order valence-corrected chi connectivity index (χ1v) is 8.62. The summed E-state index contributed by atoms with van der Waals surface area (Å²) in [7, 11) is 0. The molecule has 4 rings (SSSR count). The van der Waals surface area contributed by atoms with Gasteiger partial charge in [-0.15, -0.1) is 0 Å². The number of amides is 3. The summed E-state index contributed by atoms with van der Waals surface area (Å²) in [6.07, 6.45) is 0.387. The van der Waals surface area contributed by atoms with E-state index in [1.807, 2.05) is 25.1 Å². The van der Waals surface area contributed by atoms with Gasteiger partial charge in [0.15, 0.2) is 0 Å². The van der Waals surface area contributed by atoms with Crippen LogP contribution in [0.1, 0.15) is 35.6 Å². The van der Waals surface area contributed by atoms with Crippen LogP contribution in [0.3, 0.4) is 0 Å². The predicted octanol–water partition coefficient (Wildman–Crippen LogP) is 3.21. The summed E-state index contributed by atoms with van der Waals surface area (Å²) in [4.78, 5) is 26.9. The molecule has 2 aliphatic rings. The van der Waals surface area contributed by atoms with Crippen LogP contribution in [0, 0.1) is 5.82 Å². The monoisotopic (exact) mass is 354 g/mol. The van der Waals surface area contributed by atoms with Gasteiger partial charge < -0.3 is 10.1 Å². The van der Waals surface area contributed by atoms with Gasteiger partial charge in [0.05, 0.1) is 19.8 Å². The van der Waals surface area contributed by atoms with Crippen LogP contribution in [0.25, 0.3) is 0 Å². The van der Waals surface area contributed by atoms with E-state index in [9.17, 15) is 14.0 Å². The van der Waals surface area contributed by atoms with Crippen molar-refractivity contribution >= 4 is 11.9 Å². The molecule has 134 valence electrons. The van der Waals surface area contributed by atoms with E-state index in [0.717, 1.165) is 16.7 Å². The third-order valence-corrected chi connectivity index (χ3v) is 5.17. The molecule has 0 aliphatic carbocycles. The van der Waals surface area contributed by atoms with Crippen molar-refractivity contribution in [1.82, 2.24) is 10.2 Å². The number of nitrogens with one attached hydrogen (secondary N) is 1. The van der Waals surface area contributed by atoms with E-state index < -0.39 is 11.6 Å². The maximum atomic E-state index is 13.3. The van der Waals surface area contributed by atoms with Crippen LogP contribution in [0.4, 0.5) is 9.18 Å². The summed E-state index contributed by atoms with van der Waals surface area (Å²) < 4.78 is 18.7.